The van der Waals surface area contributed by atoms with Crippen LogP contribution < -0.4 is 0 Å². The van der Waals surface area contributed by atoms with Crippen LogP contribution in [0.3, 0.4) is 0 Å². The second-order valence-electron chi connectivity index (χ2n) is 9.36. The van der Waals surface area contributed by atoms with Crippen LogP contribution in [0.4, 0.5) is 0 Å². The average molecular weight is 449 g/mol. The molecule has 0 aromatic heterocycles. The highest BCUT2D eigenvalue weighted by atomic mass is 16.5. The van der Waals surface area contributed by atoms with Crippen molar-refractivity contribution in [1.82, 2.24) is 9.80 Å². The van der Waals surface area contributed by atoms with E-state index in [1.54, 1.807) is 0 Å². The van der Waals surface area contributed by atoms with Gasteiger partial charge in [-0.2, -0.15) is 0 Å². The van der Waals surface area contributed by atoms with E-state index < -0.39 is 0 Å². The molecule has 0 aliphatic carbocycles. The van der Waals surface area contributed by atoms with Crippen molar-refractivity contribution in [2.45, 2.75) is 52.1 Å². The van der Waals surface area contributed by atoms with Gasteiger partial charge in [-0.1, -0.05) is 54.1 Å². The third kappa shape index (κ3) is 5.83. The van der Waals surface area contributed by atoms with Gasteiger partial charge in [-0.3, -0.25) is 9.59 Å². The maximum Gasteiger partial charge on any atom is 0.227 e. The van der Waals surface area contributed by atoms with Crippen LogP contribution in [0, 0.1) is 12.8 Å². The largest absolute Gasteiger partial charge is 0.378 e. The van der Waals surface area contributed by atoms with Crippen molar-refractivity contribution in [3.05, 3.63) is 59.7 Å². The summed E-state index contributed by atoms with van der Waals surface area (Å²) in [5, 5.41) is 0. The van der Waals surface area contributed by atoms with Crippen LogP contribution in [-0.2, 0) is 20.7 Å². The molecule has 0 saturated carbocycles. The molecule has 0 radical (unpaired) electrons. The number of hydrogen-bond acceptors (Lipinski definition) is 3. The van der Waals surface area contributed by atoms with Crippen molar-refractivity contribution in [2.75, 3.05) is 32.8 Å². The van der Waals surface area contributed by atoms with Gasteiger partial charge in [-0.05, 0) is 56.2 Å². The van der Waals surface area contributed by atoms with Gasteiger partial charge in [0.1, 0.15) is 0 Å². The second kappa shape index (κ2) is 11.0. The first-order valence-corrected chi connectivity index (χ1v) is 12.4. The molecule has 2 heterocycles. The Balaban J connectivity index is 1.51. The zero-order valence-corrected chi connectivity index (χ0v) is 20.0. The number of aryl methyl sites for hydroxylation is 1. The highest BCUT2D eigenvalue weighted by molar-refractivity contribution is 5.83. The number of carbonyl (C=O) groups excluding carboxylic acids is 2. The van der Waals surface area contributed by atoms with E-state index in [9.17, 15) is 9.59 Å². The van der Waals surface area contributed by atoms with Crippen molar-refractivity contribution >= 4 is 11.8 Å². The molecular weight excluding hydrogens is 412 g/mol. The Morgan fingerprint density at radius 3 is 2.61 bits per heavy atom. The van der Waals surface area contributed by atoms with Gasteiger partial charge < -0.3 is 14.5 Å². The summed E-state index contributed by atoms with van der Waals surface area (Å²) in [5.41, 5.74) is 4.71. The molecule has 0 N–H and O–H groups in total. The van der Waals surface area contributed by atoms with Gasteiger partial charge in [0.2, 0.25) is 11.8 Å². The van der Waals surface area contributed by atoms with Gasteiger partial charge in [-0.15, -0.1) is 0 Å². The minimum Gasteiger partial charge on any atom is -0.378 e. The molecule has 2 atom stereocenters. The van der Waals surface area contributed by atoms with Gasteiger partial charge in [0, 0.05) is 39.2 Å². The van der Waals surface area contributed by atoms with Crippen LogP contribution >= 0.6 is 0 Å². The van der Waals surface area contributed by atoms with Crippen molar-refractivity contribution in [3.63, 3.8) is 0 Å². The highest BCUT2D eigenvalue weighted by Crippen LogP contribution is 2.28. The fourth-order valence-electron chi connectivity index (χ4n) is 5.03. The van der Waals surface area contributed by atoms with Gasteiger partial charge in [0.05, 0.1) is 12.0 Å². The topological polar surface area (TPSA) is 49.9 Å². The first-order chi connectivity index (χ1) is 16.0. The second-order valence-corrected chi connectivity index (χ2v) is 9.36. The Morgan fingerprint density at radius 2 is 1.88 bits per heavy atom. The molecule has 4 rings (SSSR count). The zero-order valence-electron chi connectivity index (χ0n) is 20.0. The summed E-state index contributed by atoms with van der Waals surface area (Å²) in [6.07, 6.45) is 4.26. The lowest BCUT2D eigenvalue weighted by Crippen LogP contribution is -2.38. The lowest BCUT2D eigenvalue weighted by Gasteiger charge is -2.25. The molecule has 33 heavy (non-hydrogen) atoms. The van der Waals surface area contributed by atoms with E-state index in [4.69, 9.17) is 4.74 Å². The Hall–Kier alpha value is -2.66. The number of hydrogen-bond donors (Lipinski definition) is 0. The quantitative estimate of drug-likeness (QED) is 0.628. The van der Waals surface area contributed by atoms with Crippen LogP contribution in [0.2, 0.25) is 0 Å². The number of rotatable bonds is 7. The maximum absolute atomic E-state index is 13.4. The van der Waals surface area contributed by atoms with E-state index in [-0.39, 0.29) is 23.8 Å². The lowest BCUT2D eigenvalue weighted by molar-refractivity contribution is -0.135. The van der Waals surface area contributed by atoms with E-state index >= 15 is 0 Å². The molecule has 0 spiro atoms. The number of amides is 2. The molecule has 2 aliphatic heterocycles. The first kappa shape index (κ1) is 23.5. The molecule has 2 aliphatic rings. The molecule has 176 valence electrons. The molecule has 0 bridgehead atoms. The minimum absolute atomic E-state index is 0.146. The number of ether oxygens (including phenoxy) is 1. The van der Waals surface area contributed by atoms with Crippen LogP contribution in [0.25, 0.3) is 11.1 Å². The summed E-state index contributed by atoms with van der Waals surface area (Å²) in [4.78, 5) is 30.3. The van der Waals surface area contributed by atoms with Crippen LogP contribution in [0.15, 0.2) is 48.5 Å². The smallest absolute Gasteiger partial charge is 0.227 e. The fraction of sp³-hybridized carbons (Fsp3) is 0.500. The molecule has 2 aromatic rings. The van der Waals surface area contributed by atoms with E-state index in [2.05, 4.69) is 43.3 Å². The van der Waals surface area contributed by atoms with E-state index in [0.717, 1.165) is 42.6 Å². The van der Waals surface area contributed by atoms with Crippen LogP contribution in [0.1, 0.15) is 43.7 Å². The maximum atomic E-state index is 13.4. The number of likely N-dealkylation sites (N-methyl/N-ethyl adjacent to an activating group) is 1. The highest BCUT2D eigenvalue weighted by Gasteiger charge is 2.32. The van der Waals surface area contributed by atoms with Gasteiger partial charge in [0.25, 0.3) is 0 Å². The Labute approximate surface area is 197 Å². The minimum atomic E-state index is -0.231. The molecule has 2 amide bonds. The summed E-state index contributed by atoms with van der Waals surface area (Å²) < 4.78 is 5.70. The number of nitrogens with zero attached hydrogens (tertiary/aromatic N) is 2. The van der Waals surface area contributed by atoms with Gasteiger partial charge in [0.15, 0.2) is 0 Å². The van der Waals surface area contributed by atoms with Crippen molar-refractivity contribution < 1.29 is 14.3 Å². The number of carbonyl (C=O) groups is 2. The Kier molecular flexibility index (Phi) is 7.81. The molecule has 2 saturated heterocycles. The number of benzene rings is 2. The lowest BCUT2D eigenvalue weighted by atomic mass is 9.91. The van der Waals surface area contributed by atoms with Crippen LogP contribution in [-0.4, -0.2) is 60.5 Å². The van der Waals surface area contributed by atoms with E-state index in [1.165, 1.54) is 5.56 Å². The summed E-state index contributed by atoms with van der Waals surface area (Å²) in [5.74, 6) is 0.0736. The van der Waals surface area contributed by atoms with Crippen molar-refractivity contribution in [3.8, 4) is 11.1 Å². The van der Waals surface area contributed by atoms with Gasteiger partial charge >= 0.3 is 0 Å². The Bertz CT molecular complexity index is 950. The molecule has 5 nitrogen and oxygen atoms in total. The zero-order chi connectivity index (χ0) is 23.2. The first-order valence-electron chi connectivity index (χ1n) is 12.4. The van der Waals surface area contributed by atoms with Gasteiger partial charge in [-0.25, -0.2) is 0 Å². The predicted molar refractivity (Wildman–Crippen MR) is 131 cm³/mol. The van der Waals surface area contributed by atoms with E-state index in [1.807, 2.05) is 28.9 Å². The predicted octanol–water partition coefficient (Wildman–Crippen LogP) is 4.47. The molecule has 2 fully saturated rings. The standard InChI is InChI=1S/C28H36N2O3/c1-3-29-16-17-30(27(31)15-14-25-8-6-18-33-25)20-24(28(29)32)19-23-7-4-5-9-26(23)22-12-10-21(2)11-13-22/h4-5,7,9-13,24-25H,3,6,8,14-20H2,1-2H3/t24-,25+/m1/s1. The summed E-state index contributed by atoms with van der Waals surface area (Å²) >= 11 is 0. The molecular formula is C28H36N2O3. The third-order valence-corrected chi connectivity index (χ3v) is 7.03. The summed E-state index contributed by atoms with van der Waals surface area (Å²) in [6.45, 7) is 7.30. The van der Waals surface area contributed by atoms with Crippen molar-refractivity contribution in [2.24, 2.45) is 5.92 Å². The van der Waals surface area contributed by atoms with Crippen LogP contribution in [0.5, 0.6) is 0 Å². The SMILES string of the molecule is CCN1CCN(C(=O)CC[C@@H]2CCCO2)C[C@@H](Cc2ccccc2-c2ccc(C)cc2)C1=O. The summed E-state index contributed by atoms with van der Waals surface area (Å²) in [7, 11) is 0. The molecule has 2 aromatic carbocycles. The third-order valence-electron chi connectivity index (χ3n) is 7.03. The molecule has 5 heteroatoms. The monoisotopic (exact) mass is 448 g/mol. The van der Waals surface area contributed by atoms with E-state index in [0.29, 0.717) is 39.0 Å². The average Bonchev–Trinajstić information content (AvgIpc) is 3.30. The Morgan fingerprint density at radius 1 is 1.09 bits per heavy atom. The normalized spacial score (nSPS) is 21.3. The fourth-order valence-corrected chi connectivity index (χ4v) is 5.03. The van der Waals surface area contributed by atoms with Crippen molar-refractivity contribution in [1.29, 1.82) is 0 Å². The summed E-state index contributed by atoms with van der Waals surface area (Å²) in [6, 6.07) is 16.9. The molecule has 0 unspecified atom stereocenters.